The van der Waals surface area contributed by atoms with Crippen LogP contribution in [0, 0.1) is 11.3 Å². The van der Waals surface area contributed by atoms with Crippen LogP contribution in [0.2, 0.25) is 0 Å². The summed E-state index contributed by atoms with van der Waals surface area (Å²) in [6.45, 7) is 3.86. The maximum Gasteiger partial charge on any atom is 0.237 e. The van der Waals surface area contributed by atoms with Crippen LogP contribution in [0.5, 0.6) is 5.75 Å². The van der Waals surface area contributed by atoms with Crippen LogP contribution in [0.4, 0.5) is 5.69 Å². The summed E-state index contributed by atoms with van der Waals surface area (Å²) >= 11 is 0. The molecule has 150 valence electrons. The van der Waals surface area contributed by atoms with Gasteiger partial charge in [-0.25, -0.2) is 0 Å². The Kier molecular flexibility index (Phi) is 3.93. The van der Waals surface area contributed by atoms with Gasteiger partial charge in [-0.3, -0.25) is 14.5 Å². The summed E-state index contributed by atoms with van der Waals surface area (Å²) in [6.07, 6.45) is 4.57. The number of benzene rings is 2. The van der Waals surface area contributed by atoms with E-state index in [1.807, 2.05) is 50.2 Å². The number of ketones is 1. The number of ether oxygens (including phenoxy) is 1. The molecule has 1 saturated heterocycles. The Bertz CT molecular complexity index is 987. The van der Waals surface area contributed by atoms with E-state index in [0.29, 0.717) is 5.92 Å². The molecule has 1 spiro atoms. The molecule has 0 radical (unpaired) electrons. The Balaban J connectivity index is 1.70. The normalized spacial score (nSPS) is 28.0. The molecule has 0 unspecified atom stereocenters. The molecule has 2 aromatic carbocycles. The van der Waals surface area contributed by atoms with E-state index in [1.54, 1.807) is 12.0 Å². The Morgan fingerprint density at radius 1 is 0.966 bits per heavy atom. The number of anilines is 1. The van der Waals surface area contributed by atoms with Gasteiger partial charge in [-0.1, -0.05) is 37.1 Å². The molecule has 1 saturated carbocycles. The second-order valence-electron chi connectivity index (χ2n) is 9.15. The molecule has 0 N–H and O–H groups in total. The highest BCUT2D eigenvalue weighted by Gasteiger charge is 2.75. The van der Waals surface area contributed by atoms with E-state index < -0.39 is 11.0 Å². The number of carbonyl (C=O) groups is 2. The first-order valence-corrected chi connectivity index (χ1v) is 10.6. The second-order valence-corrected chi connectivity index (χ2v) is 9.15. The third-order valence-electron chi connectivity index (χ3n) is 7.50. The van der Waals surface area contributed by atoms with E-state index in [0.717, 1.165) is 35.4 Å². The lowest BCUT2D eigenvalue weighted by Gasteiger charge is -2.60. The number of fused-ring (bicyclic) bond motifs is 2. The van der Waals surface area contributed by atoms with Crippen molar-refractivity contribution in [3.63, 3.8) is 0 Å². The number of methoxy groups -OCH3 is 1. The monoisotopic (exact) mass is 389 g/mol. The van der Waals surface area contributed by atoms with Crippen molar-refractivity contribution in [1.29, 1.82) is 0 Å². The number of rotatable bonds is 3. The molecule has 0 bridgehead atoms. The predicted molar refractivity (Wildman–Crippen MR) is 112 cm³/mol. The number of hydrogen-bond donors (Lipinski definition) is 0. The van der Waals surface area contributed by atoms with Crippen molar-refractivity contribution in [2.75, 3.05) is 12.0 Å². The Morgan fingerprint density at radius 3 is 2.28 bits per heavy atom. The van der Waals surface area contributed by atoms with Crippen molar-refractivity contribution in [3.8, 4) is 5.75 Å². The number of β-lactam (4-membered cyclic amide) rings is 1. The first kappa shape index (κ1) is 18.4. The van der Waals surface area contributed by atoms with E-state index >= 15 is 0 Å². The zero-order valence-corrected chi connectivity index (χ0v) is 17.3. The Labute approximate surface area is 171 Å². The Hall–Kier alpha value is -2.62. The number of nitrogens with zero attached hydrogens (tertiary/aromatic N) is 1. The molecular formula is C25H27NO3. The molecule has 1 heterocycles. The fourth-order valence-electron chi connectivity index (χ4n) is 6.09. The molecule has 4 nitrogen and oxygen atoms in total. The molecule has 3 aliphatic rings. The summed E-state index contributed by atoms with van der Waals surface area (Å²) in [5, 5.41) is 0. The summed E-state index contributed by atoms with van der Waals surface area (Å²) in [6, 6.07) is 15.7. The molecule has 2 aromatic rings. The largest absolute Gasteiger partial charge is 0.497 e. The molecule has 1 amide bonds. The molecule has 2 aliphatic carbocycles. The average Bonchev–Trinajstić information content (AvgIpc) is 3.34. The summed E-state index contributed by atoms with van der Waals surface area (Å²) in [5.41, 5.74) is 1.20. The minimum Gasteiger partial charge on any atom is -0.497 e. The van der Waals surface area contributed by atoms with E-state index in [-0.39, 0.29) is 17.6 Å². The van der Waals surface area contributed by atoms with Gasteiger partial charge >= 0.3 is 0 Å². The van der Waals surface area contributed by atoms with Crippen LogP contribution in [0.15, 0.2) is 48.5 Å². The highest BCUT2D eigenvalue weighted by molar-refractivity contribution is 6.21. The van der Waals surface area contributed by atoms with Crippen molar-refractivity contribution in [2.45, 2.75) is 51.0 Å². The third-order valence-corrected chi connectivity index (χ3v) is 7.50. The zero-order chi connectivity index (χ0) is 20.4. The van der Waals surface area contributed by atoms with Crippen molar-refractivity contribution >= 4 is 17.4 Å². The van der Waals surface area contributed by atoms with E-state index in [1.165, 1.54) is 12.8 Å². The highest BCUT2D eigenvalue weighted by Crippen LogP contribution is 2.64. The Morgan fingerprint density at radius 2 is 1.62 bits per heavy atom. The van der Waals surface area contributed by atoms with E-state index in [9.17, 15) is 9.59 Å². The number of hydrogen-bond acceptors (Lipinski definition) is 3. The quantitative estimate of drug-likeness (QED) is 0.707. The molecular weight excluding hydrogens is 362 g/mol. The van der Waals surface area contributed by atoms with Crippen LogP contribution in [0.25, 0.3) is 0 Å². The van der Waals surface area contributed by atoms with Gasteiger partial charge in [0.05, 0.1) is 12.5 Å². The van der Waals surface area contributed by atoms with E-state index in [2.05, 4.69) is 12.1 Å². The predicted octanol–water partition coefficient (Wildman–Crippen LogP) is 4.82. The maximum atomic E-state index is 14.2. The van der Waals surface area contributed by atoms with Gasteiger partial charge in [0.25, 0.3) is 0 Å². The fourth-order valence-corrected chi connectivity index (χ4v) is 6.09. The van der Waals surface area contributed by atoms with Crippen molar-refractivity contribution in [3.05, 3.63) is 59.7 Å². The average molecular weight is 389 g/mol. The van der Waals surface area contributed by atoms with Gasteiger partial charge in [-0.15, -0.1) is 0 Å². The first-order chi connectivity index (χ1) is 13.9. The van der Waals surface area contributed by atoms with Crippen molar-refractivity contribution in [1.82, 2.24) is 0 Å². The third kappa shape index (κ3) is 2.15. The SMILES string of the molecule is COc1ccc(N2C(=O)C(C)(C)[C@@]23C(=O)[C@H](C2CCCC2)c2ccccc23)cc1. The van der Waals surface area contributed by atoms with Gasteiger partial charge in [-0.05, 0) is 68.0 Å². The van der Waals surface area contributed by atoms with Crippen LogP contribution in [0.1, 0.15) is 56.6 Å². The number of carbonyl (C=O) groups excluding carboxylic acids is 2. The highest BCUT2D eigenvalue weighted by atomic mass is 16.5. The van der Waals surface area contributed by atoms with E-state index in [4.69, 9.17) is 4.74 Å². The van der Waals surface area contributed by atoms with Crippen LogP contribution < -0.4 is 9.64 Å². The summed E-state index contributed by atoms with van der Waals surface area (Å²) in [7, 11) is 1.62. The molecule has 5 rings (SSSR count). The van der Waals surface area contributed by atoms with Crippen LogP contribution in [0.3, 0.4) is 0 Å². The standard InChI is InChI=1S/C25H27NO3/c1-24(2)23(28)26(17-12-14-18(29-3)15-13-17)25(24)20-11-7-6-10-19(20)21(22(25)27)16-8-4-5-9-16/h6-7,10-16,21H,4-5,8-9H2,1-3H3/t21-,25-/m1/s1. The smallest absolute Gasteiger partial charge is 0.237 e. The fraction of sp³-hybridized carbons (Fsp3) is 0.440. The molecule has 29 heavy (non-hydrogen) atoms. The summed E-state index contributed by atoms with van der Waals surface area (Å²) in [4.78, 5) is 29.3. The topological polar surface area (TPSA) is 46.6 Å². The zero-order valence-electron chi connectivity index (χ0n) is 17.3. The lowest BCUT2D eigenvalue weighted by Crippen LogP contribution is -2.76. The second kappa shape index (κ2) is 6.19. The van der Waals surface area contributed by atoms with Gasteiger partial charge in [0, 0.05) is 11.6 Å². The maximum absolute atomic E-state index is 14.2. The van der Waals surface area contributed by atoms with Gasteiger partial charge < -0.3 is 4.74 Å². The van der Waals surface area contributed by atoms with Crippen LogP contribution in [-0.4, -0.2) is 18.8 Å². The van der Waals surface area contributed by atoms with Crippen molar-refractivity contribution < 1.29 is 14.3 Å². The summed E-state index contributed by atoms with van der Waals surface area (Å²) in [5.74, 6) is 1.20. The lowest BCUT2D eigenvalue weighted by molar-refractivity contribution is -0.154. The number of Topliss-reactive ketones (excluding diaryl/α,β-unsaturated/α-hetero) is 1. The van der Waals surface area contributed by atoms with Gasteiger partial charge in [-0.2, -0.15) is 0 Å². The molecule has 4 heteroatoms. The molecule has 2 atom stereocenters. The molecule has 1 aliphatic heterocycles. The molecule has 2 fully saturated rings. The van der Waals surface area contributed by atoms with Gasteiger partial charge in [0.1, 0.15) is 11.3 Å². The lowest BCUT2D eigenvalue weighted by atomic mass is 9.58. The molecule has 0 aromatic heterocycles. The minimum absolute atomic E-state index is 0.00195. The van der Waals surface area contributed by atoms with Crippen molar-refractivity contribution in [2.24, 2.45) is 11.3 Å². The summed E-state index contributed by atoms with van der Waals surface area (Å²) < 4.78 is 5.28. The minimum atomic E-state index is -0.928. The number of amides is 1. The van der Waals surface area contributed by atoms with Crippen LogP contribution in [-0.2, 0) is 15.1 Å². The van der Waals surface area contributed by atoms with Crippen LogP contribution >= 0.6 is 0 Å². The first-order valence-electron chi connectivity index (χ1n) is 10.6. The van der Waals surface area contributed by atoms with Gasteiger partial charge in [0.2, 0.25) is 5.91 Å². The van der Waals surface area contributed by atoms with Gasteiger partial charge in [0.15, 0.2) is 5.78 Å².